The minimum Gasteiger partial charge on any atom is -0.493 e. The van der Waals surface area contributed by atoms with Crippen molar-refractivity contribution in [1.29, 1.82) is 10.5 Å². The van der Waals surface area contributed by atoms with Crippen LogP contribution in [-0.2, 0) is 0 Å². The van der Waals surface area contributed by atoms with Crippen LogP contribution in [0.5, 0.6) is 11.5 Å². The van der Waals surface area contributed by atoms with Crippen LogP contribution >= 0.6 is 0 Å². The molecule has 0 bridgehead atoms. The molecule has 1 aromatic carbocycles. The van der Waals surface area contributed by atoms with Crippen molar-refractivity contribution >= 4 is 11.8 Å². The first-order chi connectivity index (χ1) is 11.6. The van der Waals surface area contributed by atoms with E-state index in [9.17, 15) is 5.26 Å². The normalized spacial score (nSPS) is 9.79. The molecule has 0 saturated carbocycles. The van der Waals surface area contributed by atoms with Crippen LogP contribution in [0.15, 0.2) is 18.2 Å². The van der Waals surface area contributed by atoms with E-state index in [-0.39, 0.29) is 17.3 Å². The van der Waals surface area contributed by atoms with Crippen molar-refractivity contribution in [2.45, 2.75) is 12.8 Å². The summed E-state index contributed by atoms with van der Waals surface area (Å²) in [5, 5.41) is 17.9. The molecule has 0 unspecified atom stereocenters. The standard InChI is InChI=1S/C16H16N6O2/c1-23-12-5-4-10(8-13(12)24-7-3-2-6-17)14-11(9-18)15(19)22-16(20)21-14/h4-5,8H,2-3,7H2,1H3,(H4,19,20,21,22). The lowest BCUT2D eigenvalue weighted by molar-refractivity contribution is 0.291. The van der Waals surface area contributed by atoms with E-state index in [1.54, 1.807) is 18.2 Å². The highest BCUT2D eigenvalue weighted by Crippen LogP contribution is 2.34. The number of benzene rings is 1. The van der Waals surface area contributed by atoms with Gasteiger partial charge in [-0.25, -0.2) is 4.98 Å². The Hall–Kier alpha value is -3.52. The van der Waals surface area contributed by atoms with Gasteiger partial charge >= 0.3 is 0 Å². The highest BCUT2D eigenvalue weighted by Gasteiger charge is 2.15. The molecule has 2 aromatic rings. The molecule has 0 aliphatic carbocycles. The average molecular weight is 324 g/mol. The largest absolute Gasteiger partial charge is 0.493 e. The van der Waals surface area contributed by atoms with Gasteiger partial charge in [0.05, 0.1) is 25.5 Å². The maximum absolute atomic E-state index is 9.28. The van der Waals surface area contributed by atoms with Gasteiger partial charge in [-0.2, -0.15) is 15.5 Å². The van der Waals surface area contributed by atoms with Crippen LogP contribution < -0.4 is 20.9 Å². The fourth-order valence-electron chi connectivity index (χ4n) is 2.09. The molecule has 0 aliphatic rings. The van der Waals surface area contributed by atoms with E-state index < -0.39 is 0 Å². The summed E-state index contributed by atoms with van der Waals surface area (Å²) in [6, 6.07) is 9.15. The quantitative estimate of drug-likeness (QED) is 0.766. The minimum atomic E-state index is -0.0196. The van der Waals surface area contributed by atoms with E-state index >= 15 is 0 Å². The predicted molar refractivity (Wildman–Crippen MR) is 87.9 cm³/mol. The molecule has 0 atom stereocenters. The molecule has 0 saturated heterocycles. The van der Waals surface area contributed by atoms with Gasteiger partial charge in [-0.05, 0) is 24.6 Å². The summed E-state index contributed by atoms with van der Waals surface area (Å²) in [6.07, 6.45) is 1.00. The van der Waals surface area contributed by atoms with E-state index in [2.05, 4.69) is 16.0 Å². The zero-order valence-electron chi connectivity index (χ0n) is 13.1. The van der Waals surface area contributed by atoms with E-state index in [0.29, 0.717) is 42.2 Å². The lowest BCUT2D eigenvalue weighted by Crippen LogP contribution is -2.05. The lowest BCUT2D eigenvalue weighted by Gasteiger charge is -2.13. The summed E-state index contributed by atoms with van der Waals surface area (Å²) in [5.74, 6) is 1.01. The molecule has 8 nitrogen and oxygen atoms in total. The Morgan fingerprint density at radius 2 is 1.96 bits per heavy atom. The summed E-state index contributed by atoms with van der Waals surface area (Å²) in [4.78, 5) is 7.90. The maximum atomic E-state index is 9.28. The molecule has 0 spiro atoms. The van der Waals surface area contributed by atoms with Crippen molar-refractivity contribution in [1.82, 2.24) is 9.97 Å². The smallest absolute Gasteiger partial charge is 0.222 e. The molecule has 0 amide bonds. The van der Waals surface area contributed by atoms with Crippen molar-refractivity contribution in [3.8, 4) is 34.9 Å². The van der Waals surface area contributed by atoms with Crippen LogP contribution in [0, 0.1) is 22.7 Å². The van der Waals surface area contributed by atoms with Crippen LogP contribution in [-0.4, -0.2) is 23.7 Å². The van der Waals surface area contributed by atoms with Gasteiger partial charge in [-0.1, -0.05) is 0 Å². The monoisotopic (exact) mass is 324 g/mol. The Balaban J connectivity index is 2.42. The number of nitriles is 2. The second-order valence-electron chi connectivity index (χ2n) is 4.78. The van der Waals surface area contributed by atoms with Gasteiger partial charge in [0, 0.05) is 12.0 Å². The Morgan fingerprint density at radius 3 is 2.62 bits per heavy atom. The fourth-order valence-corrected chi connectivity index (χ4v) is 2.09. The number of aromatic nitrogens is 2. The number of nitrogens with two attached hydrogens (primary N) is 2. The Bertz CT molecular complexity index is 823. The van der Waals surface area contributed by atoms with E-state index in [0.717, 1.165) is 0 Å². The van der Waals surface area contributed by atoms with Gasteiger partial charge in [0.25, 0.3) is 0 Å². The first-order valence-corrected chi connectivity index (χ1v) is 7.12. The van der Waals surface area contributed by atoms with Crippen molar-refractivity contribution in [3.05, 3.63) is 23.8 Å². The second-order valence-corrected chi connectivity index (χ2v) is 4.78. The first-order valence-electron chi connectivity index (χ1n) is 7.12. The number of rotatable bonds is 6. The third-order valence-electron chi connectivity index (χ3n) is 3.19. The summed E-state index contributed by atoms with van der Waals surface area (Å²) < 4.78 is 10.9. The minimum absolute atomic E-state index is 0.0196. The van der Waals surface area contributed by atoms with E-state index in [1.807, 2.05) is 6.07 Å². The molecule has 0 aliphatic heterocycles. The van der Waals surface area contributed by atoms with Gasteiger partial charge in [-0.3, -0.25) is 0 Å². The number of ether oxygens (including phenoxy) is 2. The zero-order valence-corrected chi connectivity index (χ0v) is 13.1. The first kappa shape index (κ1) is 16.8. The number of hydrogen-bond acceptors (Lipinski definition) is 8. The van der Waals surface area contributed by atoms with Gasteiger partial charge < -0.3 is 20.9 Å². The lowest BCUT2D eigenvalue weighted by atomic mass is 10.1. The van der Waals surface area contributed by atoms with Crippen molar-refractivity contribution in [2.24, 2.45) is 0 Å². The Labute approximate surface area is 139 Å². The van der Waals surface area contributed by atoms with Crippen LogP contribution in [0.3, 0.4) is 0 Å². The zero-order chi connectivity index (χ0) is 17.5. The molecule has 1 heterocycles. The van der Waals surface area contributed by atoms with E-state index in [4.69, 9.17) is 26.2 Å². The molecular weight excluding hydrogens is 308 g/mol. The van der Waals surface area contributed by atoms with Crippen molar-refractivity contribution in [3.63, 3.8) is 0 Å². The summed E-state index contributed by atoms with van der Waals surface area (Å²) >= 11 is 0. The maximum Gasteiger partial charge on any atom is 0.222 e. The van der Waals surface area contributed by atoms with Gasteiger partial charge in [-0.15, -0.1) is 0 Å². The highest BCUT2D eigenvalue weighted by atomic mass is 16.5. The highest BCUT2D eigenvalue weighted by molar-refractivity contribution is 5.74. The van der Waals surface area contributed by atoms with Crippen LogP contribution in [0.4, 0.5) is 11.8 Å². The summed E-state index contributed by atoms with van der Waals surface area (Å²) in [7, 11) is 1.53. The topological polar surface area (TPSA) is 144 Å². The van der Waals surface area contributed by atoms with Gasteiger partial charge in [0.15, 0.2) is 11.5 Å². The molecule has 4 N–H and O–H groups in total. The Kier molecular flexibility index (Phi) is 5.37. The third-order valence-corrected chi connectivity index (χ3v) is 3.19. The number of unbranched alkanes of at least 4 members (excludes halogenated alkanes) is 1. The molecule has 24 heavy (non-hydrogen) atoms. The number of anilines is 2. The van der Waals surface area contributed by atoms with Crippen molar-refractivity contribution in [2.75, 3.05) is 25.2 Å². The average Bonchev–Trinajstić information content (AvgIpc) is 2.58. The molecule has 1 aromatic heterocycles. The Morgan fingerprint density at radius 1 is 1.17 bits per heavy atom. The predicted octanol–water partition coefficient (Wildman–Crippen LogP) is 1.87. The molecule has 0 fully saturated rings. The number of nitrogen functional groups attached to an aromatic ring is 2. The van der Waals surface area contributed by atoms with Gasteiger partial charge in [0.2, 0.25) is 5.95 Å². The summed E-state index contributed by atoms with van der Waals surface area (Å²) in [5.41, 5.74) is 12.4. The number of nitrogens with zero attached hydrogens (tertiary/aromatic N) is 4. The van der Waals surface area contributed by atoms with Crippen LogP contribution in [0.2, 0.25) is 0 Å². The molecule has 2 rings (SSSR count). The molecular formula is C16H16N6O2. The van der Waals surface area contributed by atoms with Crippen LogP contribution in [0.25, 0.3) is 11.3 Å². The third kappa shape index (κ3) is 3.62. The van der Waals surface area contributed by atoms with Crippen molar-refractivity contribution < 1.29 is 9.47 Å². The van der Waals surface area contributed by atoms with E-state index in [1.165, 1.54) is 7.11 Å². The SMILES string of the molecule is COc1ccc(-c2nc(N)nc(N)c2C#N)cc1OCCCC#N. The number of hydrogen-bond donors (Lipinski definition) is 2. The van der Waals surface area contributed by atoms with Gasteiger partial charge in [0.1, 0.15) is 17.5 Å². The number of methoxy groups -OCH3 is 1. The summed E-state index contributed by atoms with van der Waals surface area (Å²) in [6.45, 7) is 0.368. The fraction of sp³-hybridized carbons (Fsp3) is 0.250. The molecule has 0 radical (unpaired) electrons. The van der Waals surface area contributed by atoms with Crippen LogP contribution in [0.1, 0.15) is 18.4 Å². The molecule has 8 heteroatoms. The second kappa shape index (κ2) is 7.65. The molecule has 122 valence electrons.